The summed E-state index contributed by atoms with van der Waals surface area (Å²) in [6.45, 7) is 3.29. The number of nitrogens with zero attached hydrogens (tertiary/aromatic N) is 1. The lowest BCUT2D eigenvalue weighted by molar-refractivity contribution is -0.137. The van der Waals surface area contributed by atoms with E-state index in [0.717, 1.165) is 18.6 Å². The molecule has 3 rings (SSSR count). The molecule has 118 valence electrons. The van der Waals surface area contributed by atoms with Crippen molar-refractivity contribution >= 4 is 11.8 Å². The van der Waals surface area contributed by atoms with Crippen LogP contribution in [-0.2, 0) is 22.4 Å². The molecule has 5 heteroatoms. The molecule has 1 aromatic carbocycles. The number of ether oxygens (including phenoxy) is 1. The maximum absolute atomic E-state index is 12.5. The molecule has 0 unspecified atom stereocenters. The summed E-state index contributed by atoms with van der Waals surface area (Å²) in [6.07, 6.45) is 3.25. The van der Waals surface area contributed by atoms with Crippen LogP contribution in [0.25, 0.3) is 0 Å². The number of amides is 2. The van der Waals surface area contributed by atoms with Crippen LogP contribution in [0.5, 0.6) is 5.75 Å². The van der Waals surface area contributed by atoms with Gasteiger partial charge in [0.1, 0.15) is 5.75 Å². The number of carbonyl (C=O) groups excluding carboxylic acids is 2. The quantitative estimate of drug-likeness (QED) is 0.915. The van der Waals surface area contributed by atoms with Gasteiger partial charge < -0.3 is 15.0 Å². The van der Waals surface area contributed by atoms with Crippen molar-refractivity contribution in [1.29, 1.82) is 0 Å². The maximum atomic E-state index is 12.5. The van der Waals surface area contributed by atoms with E-state index in [0.29, 0.717) is 26.1 Å². The average Bonchev–Trinajstić information content (AvgIpc) is 2.86. The third-order valence-corrected chi connectivity index (χ3v) is 4.35. The van der Waals surface area contributed by atoms with E-state index in [1.807, 2.05) is 6.07 Å². The Morgan fingerprint density at radius 3 is 2.91 bits per heavy atom. The zero-order chi connectivity index (χ0) is 15.5. The second kappa shape index (κ2) is 6.38. The first-order chi connectivity index (χ1) is 10.6. The van der Waals surface area contributed by atoms with Crippen LogP contribution in [-0.4, -0.2) is 42.5 Å². The third kappa shape index (κ3) is 3.24. The largest absolute Gasteiger partial charge is 0.481 e. The standard InChI is InChI=1S/C17H22N2O3/c1-12(17(21)19-9-7-16(20)18-8-10-19)22-15-6-5-13-3-2-4-14(13)11-15/h5-6,11-12H,2-4,7-10H2,1H3,(H,18,20)/t12-/m0/s1. The van der Waals surface area contributed by atoms with Gasteiger partial charge in [0.2, 0.25) is 5.91 Å². The highest BCUT2D eigenvalue weighted by Gasteiger charge is 2.24. The van der Waals surface area contributed by atoms with Gasteiger partial charge in [-0.15, -0.1) is 0 Å². The van der Waals surface area contributed by atoms with Crippen LogP contribution in [0.15, 0.2) is 18.2 Å². The van der Waals surface area contributed by atoms with Crippen LogP contribution < -0.4 is 10.1 Å². The molecule has 5 nitrogen and oxygen atoms in total. The second-order valence-corrected chi connectivity index (χ2v) is 5.97. The molecular weight excluding hydrogens is 280 g/mol. The molecule has 22 heavy (non-hydrogen) atoms. The molecule has 0 aromatic heterocycles. The van der Waals surface area contributed by atoms with E-state index in [-0.39, 0.29) is 11.8 Å². The van der Waals surface area contributed by atoms with Crippen molar-refractivity contribution in [1.82, 2.24) is 10.2 Å². The van der Waals surface area contributed by atoms with Crippen LogP contribution >= 0.6 is 0 Å². The molecule has 1 aliphatic carbocycles. The minimum atomic E-state index is -0.535. The maximum Gasteiger partial charge on any atom is 0.263 e. The molecule has 2 aliphatic rings. The van der Waals surface area contributed by atoms with Gasteiger partial charge in [0.25, 0.3) is 5.91 Å². The summed E-state index contributed by atoms with van der Waals surface area (Å²) in [7, 11) is 0. The van der Waals surface area contributed by atoms with E-state index in [1.165, 1.54) is 17.5 Å². The number of carbonyl (C=O) groups is 2. The van der Waals surface area contributed by atoms with Crippen LogP contribution in [0.2, 0.25) is 0 Å². The van der Waals surface area contributed by atoms with Crippen molar-refractivity contribution in [2.75, 3.05) is 19.6 Å². The van der Waals surface area contributed by atoms with Gasteiger partial charge in [-0.25, -0.2) is 0 Å². The topological polar surface area (TPSA) is 58.6 Å². The van der Waals surface area contributed by atoms with E-state index in [4.69, 9.17) is 4.74 Å². The fraction of sp³-hybridized carbons (Fsp3) is 0.529. The molecule has 1 N–H and O–H groups in total. The molecule has 1 fully saturated rings. The van der Waals surface area contributed by atoms with Gasteiger partial charge in [-0.3, -0.25) is 9.59 Å². The lowest BCUT2D eigenvalue weighted by Gasteiger charge is -2.24. The number of hydrogen-bond donors (Lipinski definition) is 1. The first kappa shape index (κ1) is 14.9. The molecule has 0 radical (unpaired) electrons. The first-order valence-electron chi connectivity index (χ1n) is 7.97. The number of hydrogen-bond acceptors (Lipinski definition) is 3. The SMILES string of the molecule is C[C@H](Oc1ccc2c(c1)CCC2)C(=O)N1CCNC(=O)CC1. The Kier molecular flexibility index (Phi) is 4.32. The lowest BCUT2D eigenvalue weighted by Crippen LogP contribution is -2.42. The Hall–Kier alpha value is -2.04. The van der Waals surface area contributed by atoms with Crippen molar-refractivity contribution < 1.29 is 14.3 Å². The van der Waals surface area contributed by atoms with E-state index >= 15 is 0 Å². The monoisotopic (exact) mass is 302 g/mol. The summed E-state index contributed by atoms with van der Waals surface area (Å²) < 4.78 is 5.83. The Balaban J connectivity index is 1.62. The van der Waals surface area contributed by atoms with Crippen LogP contribution in [0.1, 0.15) is 30.9 Å². The normalized spacial score (nSPS) is 19.1. The number of rotatable bonds is 3. The smallest absolute Gasteiger partial charge is 0.263 e. The molecule has 1 aromatic rings. The molecule has 0 bridgehead atoms. The fourth-order valence-electron chi connectivity index (χ4n) is 3.12. The number of aryl methyl sites for hydroxylation is 2. The summed E-state index contributed by atoms with van der Waals surface area (Å²) in [4.78, 5) is 25.5. The molecule has 1 heterocycles. The highest BCUT2D eigenvalue weighted by molar-refractivity contribution is 5.83. The number of fused-ring (bicyclic) bond motifs is 1. The summed E-state index contributed by atoms with van der Waals surface area (Å²) in [5, 5.41) is 2.77. The van der Waals surface area contributed by atoms with Crippen molar-refractivity contribution in [3.05, 3.63) is 29.3 Å². The highest BCUT2D eigenvalue weighted by Crippen LogP contribution is 2.26. The first-order valence-corrected chi connectivity index (χ1v) is 7.97. The Labute approximate surface area is 130 Å². The molecule has 0 spiro atoms. The number of benzene rings is 1. The fourth-order valence-corrected chi connectivity index (χ4v) is 3.12. The van der Waals surface area contributed by atoms with Gasteiger partial charge >= 0.3 is 0 Å². The average molecular weight is 302 g/mol. The number of nitrogens with one attached hydrogen (secondary N) is 1. The minimum absolute atomic E-state index is 0.00231. The highest BCUT2D eigenvalue weighted by atomic mass is 16.5. The minimum Gasteiger partial charge on any atom is -0.481 e. The van der Waals surface area contributed by atoms with Gasteiger partial charge in [-0.05, 0) is 49.4 Å². The van der Waals surface area contributed by atoms with Crippen molar-refractivity contribution in [3.63, 3.8) is 0 Å². The van der Waals surface area contributed by atoms with E-state index < -0.39 is 6.10 Å². The van der Waals surface area contributed by atoms with Crippen LogP contribution in [0, 0.1) is 0 Å². The second-order valence-electron chi connectivity index (χ2n) is 5.97. The Morgan fingerprint density at radius 1 is 1.23 bits per heavy atom. The summed E-state index contributed by atoms with van der Waals surface area (Å²) in [5.41, 5.74) is 2.73. The van der Waals surface area contributed by atoms with E-state index in [1.54, 1.807) is 11.8 Å². The summed E-state index contributed by atoms with van der Waals surface area (Å²) in [6, 6.07) is 6.10. The van der Waals surface area contributed by atoms with Crippen molar-refractivity contribution in [2.45, 2.75) is 38.7 Å². The molecule has 2 amide bonds. The lowest BCUT2D eigenvalue weighted by atomic mass is 10.1. The van der Waals surface area contributed by atoms with Gasteiger partial charge in [0.05, 0.1) is 0 Å². The molecule has 1 saturated heterocycles. The predicted octanol–water partition coefficient (Wildman–Crippen LogP) is 1.29. The third-order valence-electron chi connectivity index (χ3n) is 4.35. The summed E-state index contributed by atoms with van der Waals surface area (Å²) >= 11 is 0. The van der Waals surface area contributed by atoms with E-state index in [9.17, 15) is 9.59 Å². The Bertz CT molecular complexity index is 585. The van der Waals surface area contributed by atoms with Crippen LogP contribution in [0.4, 0.5) is 0 Å². The van der Waals surface area contributed by atoms with Gasteiger partial charge in [-0.2, -0.15) is 0 Å². The molecule has 1 atom stereocenters. The predicted molar refractivity (Wildman–Crippen MR) is 82.8 cm³/mol. The van der Waals surface area contributed by atoms with E-state index in [2.05, 4.69) is 17.4 Å². The molecular formula is C17H22N2O3. The van der Waals surface area contributed by atoms with Crippen molar-refractivity contribution in [2.24, 2.45) is 0 Å². The zero-order valence-electron chi connectivity index (χ0n) is 12.9. The molecule has 0 saturated carbocycles. The zero-order valence-corrected chi connectivity index (χ0v) is 12.9. The molecule has 1 aliphatic heterocycles. The van der Waals surface area contributed by atoms with Gasteiger partial charge in [0, 0.05) is 26.1 Å². The van der Waals surface area contributed by atoms with Crippen LogP contribution in [0.3, 0.4) is 0 Å². The Morgan fingerprint density at radius 2 is 2.05 bits per heavy atom. The summed E-state index contributed by atoms with van der Waals surface area (Å²) in [5.74, 6) is 0.699. The van der Waals surface area contributed by atoms with Gasteiger partial charge in [0.15, 0.2) is 6.10 Å². The van der Waals surface area contributed by atoms with Gasteiger partial charge in [-0.1, -0.05) is 6.07 Å². The van der Waals surface area contributed by atoms with Crippen molar-refractivity contribution in [3.8, 4) is 5.75 Å².